The van der Waals surface area contributed by atoms with Crippen LogP contribution in [-0.4, -0.2) is 47.4 Å². The van der Waals surface area contributed by atoms with Crippen LogP contribution in [0.5, 0.6) is 5.75 Å². The zero-order chi connectivity index (χ0) is 22.4. The van der Waals surface area contributed by atoms with Crippen molar-refractivity contribution in [3.05, 3.63) is 59.9 Å². The minimum absolute atomic E-state index is 0.0721. The summed E-state index contributed by atoms with van der Waals surface area (Å²) in [5.74, 6) is 1.14. The molecule has 1 aromatic carbocycles. The Balaban J connectivity index is 1.41. The number of para-hydroxylation sites is 1. The highest BCUT2D eigenvalue weighted by Crippen LogP contribution is 2.38. The third kappa shape index (κ3) is 5.29. The van der Waals surface area contributed by atoms with Crippen LogP contribution in [0, 0.1) is 5.41 Å². The Morgan fingerprint density at radius 2 is 1.97 bits per heavy atom. The van der Waals surface area contributed by atoms with Gasteiger partial charge < -0.3 is 15.0 Å². The molecule has 2 aromatic rings. The topological polar surface area (TPSA) is 71.5 Å². The van der Waals surface area contributed by atoms with Crippen LogP contribution in [0.3, 0.4) is 0 Å². The molecule has 0 bridgehead atoms. The monoisotopic (exact) mass is 435 g/mol. The van der Waals surface area contributed by atoms with Gasteiger partial charge in [-0.2, -0.15) is 0 Å². The molecule has 4 rings (SSSR count). The fourth-order valence-corrected chi connectivity index (χ4v) is 4.83. The van der Waals surface area contributed by atoms with Crippen LogP contribution in [0.2, 0.25) is 0 Å². The zero-order valence-electron chi connectivity index (χ0n) is 18.9. The second-order valence-corrected chi connectivity index (χ2v) is 9.20. The van der Waals surface area contributed by atoms with Gasteiger partial charge in [-0.3, -0.25) is 14.6 Å². The van der Waals surface area contributed by atoms with Gasteiger partial charge in [0, 0.05) is 25.5 Å². The van der Waals surface area contributed by atoms with Gasteiger partial charge in [-0.05, 0) is 62.3 Å². The maximum absolute atomic E-state index is 13.4. The lowest BCUT2D eigenvalue weighted by molar-refractivity contribution is -0.141. The third-order valence-electron chi connectivity index (χ3n) is 6.82. The number of pyridine rings is 1. The number of fused-ring (bicyclic) bond motifs is 1. The highest BCUT2D eigenvalue weighted by Gasteiger charge is 2.42. The number of aromatic nitrogens is 1. The number of hydrogen-bond donors (Lipinski definition) is 1. The number of aryl methyl sites for hydroxylation is 1. The van der Waals surface area contributed by atoms with Crippen molar-refractivity contribution in [2.75, 3.05) is 19.7 Å². The molecule has 32 heavy (non-hydrogen) atoms. The van der Waals surface area contributed by atoms with E-state index in [1.54, 1.807) is 12.4 Å². The summed E-state index contributed by atoms with van der Waals surface area (Å²) in [6.07, 6.45) is 9.06. The van der Waals surface area contributed by atoms with Crippen LogP contribution in [0.4, 0.5) is 0 Å². The highest BCUT2D eigenvalue weighted by molar-refractivity contribution is 5.84. The SMILES string of the molecule is C[C@@H]1COc2ccccc2CCCCC2(CCN(C(=O)Cc3cccnc3)CC2)C(=O)N1. The van der Waals surface area contributed by atoms with Crippen LogP contribution < -0.4 is 10.1 Å². The summed E-state index contributed by atoms with van der Waals surface area (Å²) in [4.78, 5) is 32.1. The molecule has 6 heteroatoms. The molecule has 1 spiro atoms. The molecular weight excluding hydrogens is 402 g/mol. The molecule has 170 valence electrons. The molecule has 0 aliphatic carbocycles. The molecular formula is C26H33N3O3. The summed E-state index contributed by atoms with van der Waals surface area (Å²) >= 11 is 0. The third-order valence-corrected chi connectivity index (χ3v) is 6.82. The summed E-state index contributed by atoms with van der Waals surface area (Å²) in [7, 11) is 0. The van der Waals surface area contributed by atoms with E-state index in [0.717, 1.165) is 37.0 Å². The number of benzene rings is 1. The number of carbonyl (C=O) groups excluding carboxylic acids is 2. The molecule has 0 radical (unpaired) electrons. The number of nitrogens with one attached hydrogen (secondary N) is 1. The lowest BCUT2D eigenvalue weighted by Gasteiger charge is -2.41. The summed E-state index contributed by atoms with van der Waals surface area (Å²) in [5, 5.41) is 3.20. The molecule has 0 unspecified atom stereocenters. The first-order chi connectivity index (χ1) is 15.6. The number of hydrogen-bond acceptors (Lipinski definition) is 4. The molecule has 2 aliphatic heterocycles. The second kappa shape index (κ2) is 10.2. The predicted molar refractivity (Wildman–Crippen MR) is 123 cm³/mol. The molecule has 2 aliphatic rings. The molecule has 3 heterocycles. The van der Waals surface area contributed by atoms with Gasteiger partial charge in [0.15, 0.2) is 0 Å². The van der Waals surface area contributed by atoms with Crippen LogP contribution in [0.1, 0.15) is 50.2 Å². The Hall–Kier alpha value is -2.89. The van der Waals surface area contributed by atoms with Crippen LogP contribution in [-0.2, 0) is 22.4 Å². The van der Waals surface area contributed by atoms with E-state index in [1.807, 2.05) is 36.1 Å². The van der Waals surface area contributed by atoms with Gasteiger partial charge in [0.05, 0.1) is 17.9 Å². The summed E-state index contributed by atoms with van der Waals surface area (Å²) < 4.78 is 6.03. The van der Waals surface area contributed by atoms with E-state index in [1.165, 1.54) is 5.56 Å². The molecule has 1 saturated heterocycles. The molecule has 1 aromatic heterocycles. The standard InChI is InChI=1S/C26H33N3O3/c1-20-19-32-23-10-3-2-8-22(23)9-4-5-11-26(25(31)28-20)12-15-29(16-13-26)24(30)17-21-7-6-14-27-18-21/h2-3,6-8,10,14,18,20H,4-5,9,11-13,15-17,19H2,1H3,(H,28,31)/t20-/m1/s1. The number of likely N-dealkylation sites (tertiary alicyclic amines) is 1. The average molecular weight is 436 g/mol. The van der Waals surface area contributed by atoms with Gasteiger partial charge in [-0.1, -0.05) is 30.7 Å². The van der Waals surface area contributed by atoms with E-state index in [2.05, 4.69) is 22.4 Å². The normalized spacial score (nSPS) is 21.5. The smallest absolute Gasteiger partial charge is 0.227 e. The Bertz CT molecular complexity index is 923. The number of carbonyl (C=O) groups is 2. The summed E-state index contributed by atoms with van der Waals surface area (Å²) in [5.41, 5.74) is 1.75. The van der Waals surface area contributed by atoms with Gasteiger partial charge >= 0.3 is 0 Å². The van der Waals surface area contributed by atoms with E-state index in [4.69, 9.17) is 4.74 Å². The van der Waals surface area contributed by atoms with E-state index in [9.17, 15) is 9.59 Å². The van der Waals surface area contributed by atoms with Gasteiger partial charge in [-0.15, -0.1) is 0 Å². The number of nitrogens with zero attached hydrogens (tertiary/aromatic N) is 2. The van der Waals surface area contributed by atoms with E-state index >= 15 is 0 Å². The number of rotatable bonds is 2. The lowest BCUT2D eigenvalue weighted by Crippen LogP contribution is -2.52. The minimum Gasteiger partial charge on any atom is -0.491 e. The Kier molecular flexibility index (Phi) is 7.08. The Morgan fingerprint density at radius 3 is 2.75 bits per heavy atom. The van der Waals surface area contributed by atoms with E-state index < -0.39 is 5.41 Å². The van der Waals surface area contributed by atoms with E-state index in [-0.39, 0.29) is 17.9 Å². The summed E-state index contributed by atoms with van der Waals surface area (Å²) in [6, 6.07) is 11.9. The molecule has 0 saturated carbocycles. The fourth-order valence-electron chi connectivity index (χ4n) is 4.83. The first-order valence-electron chi connectivity index (χ1n) is 11.7. The highest BCUT2D eigenvalue weighted by atomic mass is 16.5. The predicted octanol–water partition coefficient (Wildman–Crippen LogP) is 3.54. The number of ether oxygens (including phenoxy) is 1. The van der Waals surface area contributed by atoms with E-state index in [0.29, 0.717) is 39.0 Å². The van der Waals surface area contributed by atoms with Crippen LogP contribution in [0.25, 0.3) is 0 Å². The van der Waals surface area contributed by atoms with Crippen molar-refractivity contribution in [1.82, 2.24) is 15.2 Å². The molecule has 6 nitrogen and oxygen atoms in total. The van der Waals surface area contributed by atoms with Crippen LogP contribution >= 0.6 is 0 Å². The Morgan fingerprint density at radius 1 is 1.16 bits per heavy atom. The zero-order valence-corrected chi connectivity index (χ0v) is 18.9. The second-order valence-electron chi connectivity index (χ2n) is 9.20. The maximum atomic E-state index is 13.4. The fraction of sp³-hybridized carbons (Fsp3) is 0.500. The van der Waals surface area contributed by atoms with Crippen LogP contribution in [0.15, 0.2) is 48.8 Å². The van der Waals surface area contributed by atoms with Crippen molar-refractivity contribution < 1.29 is 14.3 Å². The molecule has 2 amide bonds. The van der Waals surface area contributed by atoms with Crippen molar-refractivity contribution in [2.45, 2.75) is 57.9 Å². The van der Waals surface area contributed by atoms with Crippen molar-refractivity contribution in [3.63, 3.8) is 0 Å². The largest absolute Gasteiger partial charge is 0.491 e. The first-order valence-corrected chi connectivity index (χ1v) is 11.7. The van der Waals surface area contributed by atoms with Gasteiger partial charge in [0.25, 0.3) is 0 Å². The maximum Gasteiger partial charge on any atom is 0.227 e. The lowest BCUT2D eigenvalue weighted by atomic mass is 9.73. The average Bonchev–Trinajstić information content (AvgIpc) is 2.81. The Labute approximate surface area is 190 Å². The van der Waals surface area contributed by atoms with Gasteiger partial charge in [-0.25, -0.2) is 0 Å². The number of piperidine rings is 1. The first kappa shape index (κ1) is 22.3. The number of amides is 2. The van der Waals surface area contributed by atoms with Gasteiger partial charge in [0.1, 0.15) is 12.4 Å². The molecule has 1 atom stereocenters. The van der Waals surface area contributed by atoms with Gasteiger partial charge in [0.2, 0.25) is 11.8 Å². The minimum atomic E-state index is -0.405. The van der Waals surface area contributed by atoms with Crippen molar-refractivity contribution >= 4 is 11.8 Å². The van der Waals surface area contributed by atoms with Crippen molar-refractivity contribution in [3.8, 4) is 5.75 Å². The molecule has 1 N–H and O–H groups in total. The quantitative estimate of drug-likeness (QED) is 0.783. The summed E-state index contributed by atoms with van der Waals surface area (Å²) in [6.45, 7) is 3.70. The van der Waals surface area contributed by atoms with Crippen molar-refractivity contribution in [2.24, 2.45) is 5.41 Å². The van der Waals surface area contributed by atoms with Crippen molar-refractivity contribution in [1.29, 1.82) is 0 Å². The molecule has 1 fully saturated rings.